The highest BCUT2D eigenvalue weighted by Crippen LogP contribution is 2.42. The highest BCUT2D eigenvalue weighted by atomic mass is 16.5. The molecule has 0 aliphatic heterocycles. The lowest BCUT2D eigenvalue weighted by atomic mass is 9.99. The highest BCUT2D eigenvalue weighted by Gasteiger charge is 2.25. The predicted octanol–water partition coefficient (Wildman–Crippen LogP) is 7.24. The lowest BCUT2D eigenvalue weighted by Crippen LogP contribution is -2.14. The molecule has 0 aliphatic carbocycles. The van der Waals surface area contributed by atoms with Crippen molar-refractivity contribution in [3.8, 4) is 34.0 Å². The van der Waals surface area contributed by atoms with Crippen molar-refractivity contribution in [2.45, 2.75) is 34.1 Å². The largest absolute Gasteiger partial charge is 0.407 e. The summed E-state index contributed by atoms with van der Waals surface area (Å²) in [5, 5.41) is 7.98. The first-order chi connectivity index (χ1) is 19.3. The van der Waals surface area contributed by atoms with Crippen LogP contribution in [-0.4, -0.2) is 21.7 Å². The van der Waals surface area contributed by atoms with Crippen LogP contribution in [0.5, 0.6) is 5.88 Å². The Kier molecular flexibility index (Phi) is 7.60. The van der Waals surface area contributed by atoms with Gasteiger partial charge in [0.05, 0.1) is 17.7 Å². The van der Waals surface area contributed by atoms with Gasteiger partial charge in [-0.1, -0.05) is 78.4 Å². The lowest BCUT2D eigenvalue weighted by molar-refractivity contribution is -0.132. The van der Waals surface area contributed by atoms with E-state index in [9.17, 15) is 9.59 Å². The molecule has 0 saturated heterocycles. The van der Waals surface area contributed by atoms with E-state index in [1.54, 1.807) is 4.68 Å². The molecule has 6 heteroatoms. The van der Waals surface area contributed by atoms with Crippen molar-refractivity contribution in [2.24, 2.45) is 0 Å². The molecule has 5 rings (SSSR count). The van der Waals surface area contributed by atoms with Crippen LogP contribution in [0.2, 0.25) is 0 Å². The first kappa shape index (κ1) is 26.6. The molecule has 0 aliphatic rings. The number of aryl methyl sites for hydroxylation is 3. The Labute approximate surface area is 234 Å². The zero-order valence-corrected chi connectivity index (χ0v) is 23.1. The summed E-state index contributed by atoms with van der Waals surface area (Å²) in [5.41, 5.74) is 8.74. The number of anilines is 1. The van der Waals surface area contributed by atoms with E-state index in [4.69, 9.17) is 9.84 Å². The van der Waals surface area contributed by atoms with Gasteiger partial charge in [0.2, 0.25) is 11.8 Å². The minimum Gasteiger partial charge on any atom is -0.407 e. The van der Waals surface area contributed by atoms with Crippen LogP contribution in [0.15, 0.2) is 97.1 Å². The summed E-state index contributed by atoms with van der Waals surface area (Å²) in [6, 6.07) is 31.3. The molecule has 6 nitrogen and oxygen atoms in total. The molecular formula is C34H31N3O3. The lowest BCUT2D eigenvalue weighted by Gasteiger charge is -2.12. The number of carbonyl (C=O) groups excluding carboxylic acids is 2. The molecule has 40 heavy (non-hydrogen) atoms. The molecular weight excluding hydrogens is 498 g/mol. The van der Waals surface area contributed by atoms with Crippen LogP contribution in [0.25, 0.3) is 28.1 Å². The average Bonchev–Trinajstić information content (AvgIpc) is 3.29. The van der Waals surface area contributed by atoms with Crippen LogP contribution in [0, 0.1) is 20.8 Å². The van der Waals surface area contributed by atoms with E-state index in [0.29, 0.717) is 29.2 Å². The van der Waals surface area contributed by atoms with Gasteiger partial charge in [-0.2, -0.15) is 9.78 Å². The topological polar surface area (TPSA) is 73.2 Å². The summed E-state index contributed by atoms with van der Waals surface area (Å²) >= 11 is 0. The van der Waals surface area contributed by atoms with Crippen LogP contribution in [-0.2, 0) is 16.0 Å². The van der Waals surface area contributed by atoms with Crippen LogP contribution in [0.1, 0.15) is 29.2 Å². The van der Waals surface area contributed by atoms with Gasteiger partial charge in [0.1, 0.15) is 5.69 Å². The molecule has 0 atom stereocenters. The van der Waals surface area contributed by atoms with Crippen molar-refractivity contribution in [1.82, 2.24) is 9.78 Å². The van der Waals surface area contributed by atoms with Crippen molar-refractivity contribution in [3.05, 3.63) is 119 Å². The van der Waals surface area contributed by atoms with Crippen molar-refractivity contribution in [1.29, 1.82) is 0 Å². The monoisotopic (exact) mass is 529 g/mol. The molecule has 0 saturated carbocycles. The first-order valence-corrected chi connectivity index (χ1v) is 13.2. The van der Waals surface area contributed by atoms with Crippen molar-refractivity contribution < 1.29 is 14.3 Å². The second-order valence-corrected chi connectivity index (χ2v) is 9.98. The predicted molar refractivity (Wildman–Crippen MR) is 159 cm³/mol. The number of rotatable bonds is 7. The van der Waals surface area contributed by atoms with Crippen LogP contribution < -0.4 is 10.1 Å². The molecule has 1 amide bonds. The van der Waals surface area contributed by atoms with Crippen molar-refractivity contribution >= 4 is 17.6 Å². The summed E-state index contributed by atoms with van der Waals surface area (Å²) < 4.78 is 7.58. The molecule has 1 N–H and O–H groups in total. The maximum absolute atomic E-state index is 12.6. The quantitative estimate of drug-likeness (QED) is 0.226. The van der Waals surface area contributed by atoms with Crippen molar-refractivity contribution in [2.75, 3.05) is 5.32 Å². The Morgan fingerprint density at radius 1 is 0.800 bits per heavy atom. The summed E-state index contributed by atoms with van der Waals surface area (Å²) in [4.78, 5) is 25.0. The third-order valence-electron chi connectivity index (χ3n) is 6.63. The second kappa shape index (κ2) is 11.4. The van der Waals surface area contributed by atoms with E-state index in [1.165, 1.54) is 6.92 Å². The summed E-state index contributed by atoms with van der Waals surface area (Å²) in [7, 11) is 0. The van der Waals surface area contributed by atoms with E-state index in [0.717, 1.165) is 39.1 Å². The minimum atomic E-state index is -0.437. The number of esters is 1. The standard InChI is InChI=1S/C34H31N3O3/c1-22-9-8-12-28(19-22)33-32(34(40-25(4)38)37(36-33)30-20-23(2)13-14-24(30)3)27-15-17-29(18-16-27)35-31(39)21-26-10-6-5-7-11-26/h5-20H,21H2,1-4H3,(H,35,39). The summed E-state index contributed by atoms with van der Waals surface area (Å²) in [5.74, 6) is -0.186. The fourth-order valence-corrected chi connectivity index (χ4v) is 4.71. The van der Waals surface area contributed by atoms with Gasteiger partial charge >= 0.3 is 5.97 Å². The zero-order valence-electron chi connectivity index (χ0n) is 23.1. The van der Waals surface area contributed by atoms with Gasteiger partial charge in [-0.25, -0.2) is 0 Å². The van der Waals surface area contributed by atoms with E-state index in [1.807, 2.05) is 112 Å². The average molecular weight is 530 g/mol. The molecule has 5 aromatic rings. The Bertz CT molecular complexity index is 1690. The van der Waals surface area contributed by atoms with Gasteiger partial charge in [0.25, 0.3) is 0 Å². The smallest absolute Gasteiger partial charge is 0.309 e. The summed E-state index contributed by atoms with van der Waals surface area (Å²) in [6.45, 7) is 7.45. The Morgan fingerprint density at radius 2 is 1.52 bits per heavy atom. The second-order valence-electron chi connectivity index (χ2n) is 9.98. The van der Waals surface area contributed by atoms with Crippen molar-refractivity contribution in [3.63, 3.8) is 0 Å². The third-order valence-corrected chi connectivity index (χ3v) is 6.63. The Morgan fingerprint density at radius 3 is 2.23 bits per heavy atom. The van der Waals surface area contributed by atoms with Crippen LogP contribution in [0.4, 0.5) is 5.69 Å². The van der Waals surface area contributed by atoms with Gasteiger partial charge < -0.3 is 10.1 Å². The molecule has 0 fully saturated rings. The molecule has 200 valence electrons. The van der Waals surface area contributed by atoms with Gasteiger partial charge in [-0.05, 0) is 67.3 Å². The van der Waals surface area contributed by atoms with Gasteiger partial charge in [-0.15, -0.1) is 0 Å². The number of benzene rings is 4. The van der Waals surface area contributed by atoms with E-state index in [-0.39, 0.29) is 5.91 Å². The SMILES string of the molecule is CC(=O)Oc1c(-c2ccc(NC(=O)Cc3ccccc3)cc2)c(-c2cccc(C)c2)nn1-c1cc(C)ccc1C. The number of nitrogens with one attached hydrogen (secondary N) is 1. The molecule has 1 heterocycles. The van der Waals surface area contributed by atoms with Gasteiger partial charge in [-0.3, -0.25) is 9.59 Å². The molecule has 0 bridgehead atoms. The Hall–Kier alpha value is -4.97. The number of ether oxygens (including phenoxy) is 1. The number of hydrogen-bond acceptors (Lipinski definition) is 4. The van der Waals surface area contributed by atoms with Crippen LogP contribution in [0.3, 0.4) is 0 Å². The number of amides is 1. The van der Waals surface area contributed by atoms with Gasteiger partial charge in [0.15, 0.2) is 0 Å². The number of aromatic nitrogens is 2. The minimum absolute atomic E-state index is 0.0947. The van der Waals surface area contributed by atoms with Gasteiger partial charge in [0, 0.05) is 18.2 Å². The van der Waals surface area contributed by atoms with E-state index < -0.39 is 5.97 Å². The fourth-order valence-electron chi connectivity index (χ4n) is 4.71. The maximum Gasteiger partial charge on any atom is 0.309 e. The normalized spacial score (nSPS) is 10.8. The number of nitrogens with zero attached hydrogens (tertiary/aromatic N) is 2. The molecule has 0 radical (unpaired) electrons. The molecule has 0 spiro atoms. The Balaban J connectivity index is 1.60. The molecule has 1 aromatic heterocycles. The fraction of sp³-hybridized carbons (Fsp3) is 0.147. The van der Waals surface area contributed by atoms with E-state index >= 15 is 0 Å². The molecule has 0 unspecified atom stereocenters. The van der Waals surface area contributed by atoms with Crippen LogP contribution >= 0.6 is 0 Å². The summed E-state index contributed by atoms with van der Waals surface area (Å²) in [6.07, 6.45) is 0.291. The maximum atomic E-state index is 12.6. The number of hydrogen-bond donors (Lipinski definition) is 1. The zero-order chi connectivity index (χ0) is 28.2. The number of carbonyl (C=O) groups is 2. The van der Waals surface area contributed by atoms with E-state index in [2.05, 4.69) is 11.4 Å². The third kappa shape index (κ3) is 5.86. The highest BCUT2D eigenvalue weighted by molar-refractivity contribution is 5.93. The first-order valence-electron chi connectivity index (χ1n) is 13.2. The molecule has 4 aromatic carbocycles.